The summed E-state index contributed by atoms with van der Waals surface area (Å²) in [5.41, 5.74) is 3.22. The number of amides is 1. The fourth-order valence-corrected chi connectivity index (χ4v) is 4.00. The van der Waals surface area contributed by atoms with Crippen molar-refractivity contribution in [1.29, 1.82) is 0 Å². The summed E-state index contributed by atoms with van der Waals surface area (Å²) in [5, 5.41) is 14.6. The maximum absolute atomic E-state index is 12.5. The molecule has 2 N–H and O–H groups in total. The van der Waals surface area contributed by atoms with E-state index in [-0.39, 0.29) is 5.91 Å². The molecule has 1 saturated heterocycles. The van der Waals surface area contributed by atoms with E-state index in [0.717, 1.165) is 38.8 Å². The van der Waals surface area contributed by atoms with Crippen LogP contribution in [-0.4, -0.2) is 40.5 Å². The maximum atomic E-state index is 12.5. The second-order valence-electron chi connectivity index (χ2n) is 7.06. The first-order chi connectivity index (χ1) is 12.3. The van der Waals surface area contributed by atoms with Crippen LogP contribution in [0.15, 0.2) is 30.5 Å². The van der Waals surface area contributed by atoms with E-state index < -0.39 is 0 Å². The minimum Gasteiger partial charge on any atom is -0.350 e. The Kier molecular flexibility index (Phi) is 4.78. The third-order valence-corrected chi connectivity index (χ3v) is 5.43. The SMILES string of the molecule is O=C(NCC1CCCc2ccccc21)c1cn(C2CCNCC2)nn1. The highest BCUT2D eigenvalue weighted by atomic mass is 16.2. The third kappa shape index (κ3) is 3.58. The second kappa shape index (κ2) is 7.35. The first kappa shape index (κ1) is 16.3. The summed E-state index contributed by atoms with van der Waals surface area (Å²) in [6.45, 7) is 2.65. The van der Waals surface area contributed by atoms with E-state index in [1.807, 2.05) is 4.68 Å². The van der Waals surface area contributed by atoms with Crippen LogP contribution in [0.1, 0.15) is 59.3 Å². The van der Waals surface area contributed by atoms with Crippen LogP contribution in [0.2, 0.25) is 0 Å². The van der Waals surface area contributed by atoms with Crippen molar-refractivity contribution in [2.45, 2.75) is 44.1 Å². The molecule has 6 nitrogen and oxygen atoms in total. The molecule has 1 unspecified atom stereocenters. The Hall–Kier alpha value is -2.21. The Morgan fingerprint density at radius 3 is 2.96 bits per heavy atom. The van der Waals surface area contributed by atoms with Crippen LogP contribution >= 0.6 is 0 Å². The molecule has 1 aromatic heterocycles. The van der Waals surface area contributed by atoms with Crippen molar-refractivity contribution in [2.75, 3.05) is 19.6 Å². The lowest BCUT2D eigenvalue weighted by atomic mass is 9.83. The summed E-state index contributed by atoms with van der Waals surface area (Å²) in [4.78, 5) is 12.5. The zero-order chi connectivity index (χ0) is 17.1. The van der Waals surface area contributed by atoms with Crippen LogP contribution in [0, 0.1) is 0 Å². The lowest BCUT2D eigenvalue weighted by molar-refractivity contribution is 0.0945. The van der Waals surface area contributed by atoms with Crippen molar-refractivity contribution in [3.05, 3.63) is 47.3 Å². The van der Waals surface area contributed by atoms with Crippen LogP contribution < -0.4 is 10.6 Å². The van der Waals surface area contributed by atoms with Crippen molar-refractivity contribution in [1.82, 2.24) is 25.6 Å². The number of nitrogens with one attached hydrogen (secondary N) is 2. The van der Waals surface area contributed by atoms with Gasteiger partial charge in [-0.15, -0.1) is 5.10 Å². The van der Waals surface area contributed by atoms with Gasteiger partial charge in [0, 0.05) is 12.5 Å². The lowest BCUT2D eigenvalue weighted by Gasteiger charge is -2.25. The molecule has 1 aliphatic heterocycles. The lowest BCUT2D eigenvalue weighted by Crippen LogP contribution is -2.30. The molecule has 0 spiro atoms. The smallest absolute Gasteiger partial charge is 0.273 e. The van der Waals surface area contributed by atoms with Crippen LogP contribution in [0.25, 0.3) is 0 Å². The van der Waals surface area contributed by atoms with E-state index in [1.165, 1.54) is 17.5 Å². The number of hydrogen-bond donors (Lipinski definition) is 2. The number of aromatic nitrogens is 3. The van der Waals surface area contributed by atoms with Crippen molar-refractivity contribution < 1.29 is 4.79 Å². The standard InChI is InChI=1S/C19H25N5O/c25-19(18-13-24(23-22-18)16-8-10-20-11-9-16)21-12-15-6-3-5-14-4-1-2-7-17(14)15/h1-2,4,7,13,15-16,20H,3,5-6,8-12H2,(H,21,25). The van der Waals surface area contributed by atoms with Gasteiger partial charge >= 0.3 is 0 Å². The topological polar surface area (TPSA) is 71.8 Å². The molecule has 6 heteroatoms. The molecule has 1 aromatic carbocycles. The fraction of sp³-hybridized carbons (Fsp3) is 0.526. The van der Waals surface area contributed by atoms with Gasteiger partial charge < -0.3 is 10.6 Å². The van der Waals surface area contributed by atoms with Gasteiger partial charge in [0.05, 0.1) is 12.2 Å². The summed E-state index contributed by atoms with van der Waals surface area (Å²) in [7, 11) is 0. The van der Waals surface area contributed by atoms with Gasteiger partial charge in [-0.3, -0.25) is 4.79 Å². The number of carbonyl (C=O) groups excluding carboxylic acids is 1. The summed E-state index contributed by atoms with van der Waals surface area (Å²) in [5.74, 6) is 0.275. The second-order valence-corrected chi connectivity index (χ2v) is 7.06. The van der Waals surface area contributed by atoms with Crippen molar-refractivity contribution in [3.8, 4) is 0 Å². The third-order valence-electron chi connectivity index (χ3n) is 5.43. The highest BCUT2D eigenvalue weighted by Crippen LogP contribution is 2.30. The zero-order valence-corrected chi connectivity index (χ0v) is 14.4. The zero-order valence-electron chi connectivity index (χ0n) is 14.4. The number of carbonyl (C=O) groups is 1. The molecule has 25 heavy (non-hydrogen) atoms. The van der Waals surface area contributed by atoms with E-state index >= 15 is 0 Å². The van der Waals surface area contributed by atoms with Crippen molar-refractivity contribution in [2.24, 2.45) is 0 Å². The van der Waals surface area contributed by atoms with Gasteiger partial charge in [0.1, 0.15) is 0 Å². The highest BCUT2D eigenvalue weighted by molar-refractivity contribution is 5.91. The number of rotatable bonds is 4. The molecule has 0 radical (unpaired) electrons. The normalized spacial score (nSPS) is 20.9. The van der Waals surface area contributed by atoms with Gasteiger partial charge in [0.25, 0.3) is 5.91 Å². The Labute approximate surface area is 148 Å². The first-order valence-electron chi connectivity index (χ1n) is 9.30. The molecule has 132 valence electrons. The molecule has 0 saturated carbocycles. The molecule has 1 amide bonds. The van der Waals surface area contributed by atoms with E-state index in [2.05, 4.69) is 45.2 Å². The van der Waals surface area contributed by atoms with E-state index in [4.69, 9.17) is 0 Å². The Bertz CT molecular complexity index is 735. The molecule has 2 aliphatic rings. The Morgan fingerprint density at radius 2 is 2.08 bits per heavy atom. The molecule has 1 aliphatic carbocycles. The molecule has 2 heterocycles. The molecule has 4 rings (SSSR count). The fourth-order valence-electron chi connectivity index (χ4n) is 4.00. The van der Waals surface area contributed by atoms with Crippen LogP contribution in [0.5, 0.6) is 0 Å². The van der Waals surface area contributed by atoms with Gasteiger partial charge in [-0.25, -0.2) is 4.68 Å². The molecule has 1 atom stereocenters. The molecular weight excluding hydrogens is 314 g/mol. The quantitative estimate of drug-likeness (QED) is 0.894. The molecular formula is C19H25N5O. The predicted molar refractivity (Wildman–Crippen MR) is 95.6 cm³/mol. The largest absolute Gasteiger partial charge is 0.350 e. The minimum absolute atomic E-state index is 0.122. The van der Waals surface area contributed by atoms with Crippen molar-refractivity contribution in [3.63, 3.8) is 0 Å². The van der Waals surface area contributed by atoms with Gasteiger partial charge in [0.2, 0.25) is 0 Å². The Balaban J connectivity index is 1.37. The Morgan fingerprint density at radius 1 is 1.24 bits per heavy atom. The number of nitrogens with zero attached hydrogens (tertiary/aromatic N) is 3. The molecule has 0 bridgehead atoms. The van der Waals surface area contributed by atoms with Crippen LogP contribution in [0.4, 0.5) is 0 Å². The highest BCUT2D eigenvalue weighted by Gasteiger charge is 2.22. The van der Waals surface area contributed by atoms with Gasteiger partial charge in [-0.1, -0.05) is 29.5 Å². The van der Waals surface area contributed by atoms with E-state index in [0.29, 0.717) is 24.2 Å². The summed E-state index contributed by atoms with van der Waals surface area (Å²) in [6.07, 6.45) is 7.31. The number of aryl methyl sites for hydroxylation is 1. The first-order valence-corrected chi connectivity index (χ1v) is 9.30. The maximum Gasteiger partial charge on any atom is 0.273 e. The molecule has 1 fully saturated rings. The van der Waals surface area contributed by atoms with Crippen molar-refractivity contribution >= 4 is 5.91 Å². The summed E-state index contributed by atoms with van der Waals surface area (Å²) in [6, 6.07) is 8.93. The number of fused-ring (bicyclic) bond motifs is 1. The van der Waals surface area contributed by atoms with Crippen LogP contribution in [-0.2, 0) is 6.42 Å². The van der Waals surface area contributed by atoms with E-state index in [1.54, 1.807) is 6.20 Å². The van der Waals surface area contributed by atoms with Gasteiger partial charge in [0.15, 0.2) is 5.69 Å². The monoisotopic (exact) mass is 339 g/mol. The van der Waals surface area contributed by atoms with Gasteiger partial charge in [-0.2, -0.15) is 0 Å². The average molecular weight is 339 g/mol. The summed E-state index contributed by atoms with van der Waals surface area (Å²) < 4.78 is 1.85. The van der Waals surface area contributed by atoms with E-state index in [9.17, 15) is 4.79 Å². The summed E-state index contributed by atoms with van der Waals surface area (Å²) >= 11 is 0. The minimum atomic E-state index is -0.122. The predicted octanol–water partition coefficient (Wildman–Crippen LogP) is 2.05. The average Bonchev–Trinajstić information content (AvgIpc) is 3.17. The van der Waals surface area contributed by atoms with Crippen LogP contribution in [0.3, 0.4) is 0 Å². The number of piperidine rings is 1. The molecule has 2 aromatic rings. The van der Waals surface area contributed by atoms with Gasteiger partial charge in [-0.05, 0) is 56.3 Å². The number of hydrogen-bond acceptors (Lipinski definition) is 4. The number of benzene rings is 1.